The third kappa shape index (κ3) is 5.12. The maximum absolute atomic E-state index is 5.50. The summed E-state index contributed by atoms with van der Waals surface area (Å²) in [7, 11) is 6.62. The van der Waals surface area contributed by atoms with Crippen LogP contribution in [0.3, 0.4) is 0 Å². The van der Waals surface area contributed by atoms with Gasteiger partial charge in [-0.25, -0.2) is 0 Å². The predicted molar refractivity (Wildman–Crippen MR) is 132 cm³/mol. The van der Waals surface area contributed by atoms with Crippen molar-refractivity contribution in [1.82, 2.24) is 0 Å². The Balaban J connectivity index is 1.68. The summed E-state index contributed by atoms with van der Waals surface area (Å²) in [6, 6.07) is 21.9. The highest BCUT2D eigenvalue weighted by molar-refractivity contribution is 6.01. The molecule has 0 radical (unpaired) electrons. The highest BCUT2D eigenvalue weighted by Crippen LogP contribution is 2.38. The van der Waals surface area contributed by atoms with Crippen molar-refractivity contribution in [2.75, 3.05) is 33.4 Å². The zero-order valence-electron chi connectivity index (χ0n) is 19.3. The van der Waals surface area contributed by atoms with Gasteiger partial charge >= 0.3 is 0 Å². The van der Waals surface area contributed by atoms with Gasteiger partial charge in [-0.15, -0.1) is 0 Å². The third-order valence-electron chi connectivity index (χ3n) is 5.56. The summed E-state index contributed by atoms with van der Waals surface area (Å²) in [6.07, 6.45) is 4.81. The van der Waals surface area contributed by atoms with Crippen molar-refractivity contribution in [1.29, 1.82) is 0 Å². The lowest BCUT2D eigenvalue weighted by Gasteiger charge is -2.24. The van der Waals surface area contributed by atoms with Crippen molar-refractivity contribution in [2.24, 2.45) is 5.10 Å². The minimum absolute atomic E-state index is 0.0101. The van der Waals surface area contributed by atoms with Gasteiger partial charge in [0, 0.05) is 18.6 Å². The molecule has 0 bridgehead atoms. The van der Waals surface area contributed by atoms with E-state index >= 15 is 0 Å². The van der Waals surface area contributed by atoms with Crippen molar-refractivity contribution < 1.29 is 18.9 Å². The standard InChI is InChI=1S/C27H28N2O4/c1-30-23-12-19(13-24(17-23)31-2)10-11-21-16-27(29(28-21)22-8-6-5-7-9-22)20-14-25(32-3)18-26(15-20)33-4/h5-15,17-18,27H,16H2,1-4H3. The highest BCUT2D eigenvalue weighted by atomic mass is 16.5. The summed E-state index contributed by atoms with van der Waals surface area (Å²) < 4.78 is 21.8. The van der Waals surface area contributed by atoms with Crippen LogP contribution in [-0.4, -0.2) is 34.2 Å². The lowest BCUT2D eigenvalue weighted by molar-refractivity contribution is 0.392. The molecular weight excluding hydrogens is 416 g/mol. The van der Waals surface area contributed by atoms with Gasteiger partial charge in [-0.2, -0.15) is 5.10 Å². The number of hydrogen-bond acceptors (Lipinski definition) is 6. The zero-order chi connectivity index (χ0) is 23.2. The molecule has 6 heteroatoms. The van der Waals surface area contributed by atoms with Crippen LogP contribution < -0.4 is 24.0 Å². The summed E-state index contributed by atoms with van der Waals surface area (Å²) >= 11 is 0. The van der Waals surface area contributed by atoms with Crippen molar-refractivity contribution >= 4 is 17.5 Å². The van der Waals surface area contributed by atoms with Gasteiger partial charge in [-0.05, 0) is 53.6 Å². The second kappa shape index (κ2) is 10.1. The topological polar surface area (TPSA) is 52.5 Å². The van der Waals surface area contributed by atoms with Crippen molar-refractivity contribution in [2.45, 2.75) is 12.5 Å². The van der Waals surface area contributed by atoms with E-state index in [2.05, 4.69) is 17.1 Å². The summed E-state index contributed by atoms with van der Waals surface area (Å²) in [6.45, 7) is 0. The SMILES string of the molecule is COc1cc(C=CC2=NN(c3ccccc3)C(c3cc(OC)cc(OC)c3)C2)cc(OC)c1. The van der Waals surface area contributed by atoms with E-state index in [1.807, 2.05) is 66.7 Å². The molecule has 0 aromatic heterocycles. The highest BCUT2D eigenvalue weighted by Gasteiger charge is 2.29. The van der Waals surface area contributed by atoms with Crippen LogP contribution in [0.15, 0.2) is 77.9 Å². The molecule has 6 nitrogen and oxygen atoms in total. The molecule has 0 N–H and O–H groups in total. The Morgan fingerprint density at radius 2 is 1.27 bits per heavy atom. The summed E-state index contributed by atoms with van der Waals surface area (Å²) in [5.74, 6) is 3.00. The minimum atomic E-state index is 0.0101. The first-order chi connectivity index (χ1) is 16.1. The van der Waals surface area contributed by atoms with Crippen molar-refractivity contribution in [3.63, 3.8) is 0 Å². The first kappa shape index (κ1) is 22.3. The summed E-state index contributed by atoms with van der Waals surface area (Å²) in [5, 5.41) is 7.00. The molecule has 1 heterocycles. The Kier molecular flexibility index (Phi) is 6.83. The number of anilines is 1. The van der Waals surface area contributed by atoms with Gasteiger partial charge in [-0.3, -0.25) is 5.01 Å². The number of benzene rings is 3. The molecule has 0 aliphatic carbocycles. The Morgan fingerprint density at radius 3 is 1.82 bits per heavy atom. The smallest absolute Gasteiger partial charge is 0.123 e. The molecule has 1 aliphatic rings. The molecule has 0 saturated heterocycles. The van der Waals surface area contributed by atoms with Gasteiger partial charge in [0.1, 0.15) is 23.0 Å². The molecule has 0 amide bonds. The van der Waals surface area contributed by atoms with E-state index < -0.39 is 0 Å². The molecular formula is C27H28N2O4. The van der Waals surface area contributed by atoms with Gasteiger partial charge in [0.05, 0.1) is 45.9 Å². The van der Waals surface area contributed by atoms with Gasteiger partial charge in [0.25, 0.3) is 0 Å². The van der Waals surface area contributed by atoms with E-state index in [9.17, 15) is 0 Å². The number of hydrazone groups is 1. The number of rotatable bonds is 8. The molecule has 3 aromatic carbocycles. The summed E-state index contributed by atoms with van der Waals surface area (Å²) in [4.78, 5) is 0. The van der Waals surface area contributed by atoms with E-state index in [-0.39, 0.29) is 6.04 Å². The second-order valence-corrected chi connectivity index (χ2v) is 7.62. The van der Waals surface area contributed by atoms with Crippen LogP contribution in [0, 0.1) is 0 Å². The maximum Gasteiger partial charge on any atom is 0.123 e. The van der Waals surface area contributed by atoms with E-state index in [1.165, 1.54) is 0 Å². The van der Waals surface area contributed by atoms with Crippen LogP contribution in [0.5, 0.6) is 23.0 Å². The number of hydrogen-bond donors (Lipinski definition) is 0. The lowest BCUT2D eigenvalue weighted by Crippen LogP contribution is -2.18. The fourth-order valence-electron chi connectivity index (χ4n) is 3.85. The van der Waals surface area contributed by atoms with Gasteiger partial charge in [-0.1, -0.05) is 24.3 Å². The molecule has 3 aromatic rings. The quantitative estimate of drug-likeness (QED) is 0.443. The van der Waals surface area contributed by atoms with Crippen LogP contribution in [0.4, 0.5) is 5.69 Å². The van der Waals surface area contributed by atoms with Crippen LogP contribution in [0.25, 0.3) is 6.08 Å². The molecule has 4 rings (SSSR count). The normalized spacial score (nSPS) is 15.5. The van der Waals surface area contributed by atoms with E-state index in [1.54, 1.807) is 28.4 Å². The van der Waals surface area contributed by atoms with Crippen LogP contribution >= 0.6 is 0 Å². The third-order valence-corrected chi connectivity index (χ3v) is 5.56. The molecule has 1 aliphatic heterocycles. The van der Waals surface area contributed by atoms with Crippen LogP contribution in [0.1, 0.15) is 23.6 Å². The van der Waals surface area contributed by atoms with Crippen molar-refractivity contribution in [3.8, 4) is 23.0 Å². The monoisotopic (exact) mass is 444 g/mol. The average Bonchev–Trinajstić information content (AvgIpc) is 3.31. The van der Waals surface area contributed by atoms with Gasteiger partial charge in [0.15, 0.2) is 0 Å². The molecule has 0 saturated carbocycles. The lowest BCUT2D eigenvalue weighted by atomic mass is 10.00. The number of methoxy groups -OCH3 is 4. The predicted octanol–water partition coefficient (Wildman–Crippen LogP) is 5.74. The first-order valence-corrected chi connectivity index (χ1v) is 10.7. The zero-order valence-corrected chi connectivity index (χ0v) is 19.3. The van der Waals surface area contributed by atoms with Crippen LogP contribution in [-0.2, 0) is 0 Å². The first-order valence-electron chi connectivity index (χ1n) is 10.7. The minimum Gasteiger partial charge on any atom is -0.497 e. The molecule has 0 fully saturated rings. The van der Waals surface area contributed by atoms with E-state index in [4.69, 9.17) is 24.0 Å². The van der Waals surface area contributed by atoms with Crippen molar-refractivity contribution in [3.05, 3.63) is 83.9 Å². The van der Waals surface area contributed by atoms with E-state index in [0.717, 1.165) is 51.9 Å². The Hall–Kier alpha value is -3.93. The van der Waals surface area contributed by atoms with E-state index in [0.29, 0.717) is 0 Å². The maximum atomic E-state index is 5.50. The number of nitrogens with zero attached hydrogens (tertiary/aromatic N) is 2. The summed E-state index contributed by atoms with van der Waals surface area (Å²) in [5.41, 5.74) is 4.04. The number of ether oxygens (including phenoxy) is 4. The molecule has 0 spiro atoms. The molecule has 1 unspecified atom stereocenters. The fourth-order valence-corrected chi connectivity index (χ4v) is 3.85. The largest absolute Gasteiger partial charge is 0.497 e. The average molecular weight is 445 g/mol. The molecule has 1 atom stereocenters. The Morgan fingerprint density at radius 1 is 0.727 bits per heavy atom. The Labute approximate surface area is 194 Å². The number of para-hydroxylation sites is 1. The Bertz CT molecular complexity index is 1110. The number of allylic oxidation sites excluding steroid dienone is 1. The van der Waals surface area contributed by atoms with Crippen LogP contribution in [0.2, 0.25) is 0 Å². The second-order valence-electron chi connectivity index (χ2n) is 7.62. The van der Waals surface area contributed by atoms with Gasteiger partial charge in [0.2, 0.25) is 0 Å². The van der Waals surface area contributed by atoms with Gasteiger partial charge < -0.3 is 18.9 Å². The molecule has 33 heavy (non-hydrogen) atoms. The molecule has 170 valence electrons. The fraction of sp³-hybridized carbons (Fsp3) is 0.222.